The van der Waals surface area contributed by atoms with Crippen LogP contribution in [0.5, 0.6) is 0 Å². The fourth-order valence-corrected chi connectivity index (χ4v) is 2.63. The maximum absolute atomic E-state index is 10.3. The highest BCUT2D eigenvalue weighted by Crippen LogP contribution is 2.12. The second kappa shape index (κ2) is 16.8. The molecule has 24 heavy (non-hydrogen) atoms. The fourth-order valence-electron chi connectivity index (χ4n) is 2.49. The van der Waals surface area contributed by atoms with Gasteiger partial charge in [0.25, 0.3) is 0 Å². The standard InChI is InChI=1S/C14H28O2.C7H7Cl/c1-2-3-4-5-6-7-8-9-10-11-12-13-14(15)16;1-6-4-2-3-5-7(6)8/h2-13H2,1H3,(H,15,16);2-5H,1H3. The molecule has 2 nitrogen and oxygen atoms in total. The van der Waals surface area contributed by atoms with Crippen molar-refractivity contribution >= 4 is 17.6 Å². The van der Waals surface area contributed by atoms with Crippen LogP contribution >= 0.6 is 11.6 Å². The van der Waals surface area contributed by atoms with Crippen LogP contribution in [0.3, 0.4) is 0 Å². The molecule has 0 radical (unpaired) electrons. The highest BCUT2D eigenvalue weighted by atomic mass is 35.5. The lowest BCUT2D eigenvalue weighted by atomic mass is 10.1. The Bertz CT molecular complexity index is 397. The largest absolute Gasteiger partial charge is 0.481 e. The van der Waals surface area contributed by atoms with Crippen LogP contribution in [0, 0.1) is 6.92 Å². The molecule has 0 aliphatic rings. The number of hydrogen-bond acceptors (Lipinski definition) is 1. The highest BCUT2D eigenvalue weighted by molar-refractivity contribution is 6.31. The van der Waals surface area contributed by atoms with Gasteiger partial charge in [0.1, 0.15) is 0 Å². The van der Waals surface area contributed by atoms with E-state index < -0.39 is 5.97 Å². The predicted molar refractivity (Wildman–Crippen MR) is 105 cm³/mol. The summed E-state index contributed by atoms with van der Waals surface area (Å²) < 4.78 is 0. The number of unbranched alkanes of at least 4 members (excludes halogenated alkanes) is 10. The van der Waals surface area contributed by atoms with E-state index in [2.05, 4.69) is 6.92 Å². The smallest absolute Gasteiger partial charge is 0.303 e. The first kappa shape index (κ1) is 23.0. The summed E-state index contributed by atoms with van der Waals surface area (Å²) >= 11 is 5.71. The van der Waals surface area contributed by atoms with Crippen molar-refractivity contribution in [2.24, 2.45) is 0 Å². The molecule has 0 fully saturated rings. The molecule has 0 saturated heterocycles. The molecule has 0 aliphatic carbocycles. The summed E-state index contributed by atoms with van der Waals surface area (Å²) in [4.78, 5) is 10.3. The Hall–Kier alpha value is -1.02. The van der Waals surface area contributed by atoms with Gasteiger partial charge in [0.2, 0.25) is 0 Å². The zero-order chi connectivity index (χ0) is 18.0. The monoisotopic (exact) mass is 354 g/mol. The minimum absolute atomic E-state index is 0.344. The third-order valence-corrected chi connectivity index (χ3v) is 4.49. The van der Waals surface area contributed by atoms with Crippen molar-refractivity contribution in [3.8, 4) is 0 Å². The predicted octanol–water partition coefficient (Wildman–Crippen LogP) is 7.42. The van der Waals surface area contributed by atoms with E-state index in [-0.39, 0.29) is 0 Å². The van der Waals surface area contributed by atoms with Gasteiger partial charge in [0, 0.05) is 11.4 Å². The third kappa shape index (κ3) is 15.9. The average molecular weight is 355 g/mol. The summed E-state index contributed by atoms with van der Waals surface area (Å²) in [7, 11) is 0. The Morgan fingerprint density at radius 2 is 1.33 bits per heavy atom. The Balaban J connectivity index is 0.000000546. The second-order valence-corrected chi connectivity index (χ2v) is 6.84. The Morgan fingerprint density at radius 3 is 1.71 bits per heavy atom. The van der Waals surface area contributed by atoms with Gasteiger partial charge in [-0.15, -0.1) is 0 Å². The van der Waals surface area contributed by atoms with Gasteiger partial charge in [0.05, 0.1) is 0 Å². The molecule has 0 bridgehead atoms. The summed E-state index contributed by atoms with van der Waals surface area (Å²) in [5, 5.41) is 9.30. The van der Waals surface area contributed by atoms with Crippen LogP contribution < -0.4 is 0 Å². The summed E-state index contributed by atoms with van der Waals surface area (Å²) in [6, 6.07) is 7.77. The van der Waals surface area contributed by atoms with E-state index in [0.717, 1.165) is 23.4 Å². The Morgan fingerprint density at radius 1 is 0.875 bits per heavy atom. The van der Waals surface area contributed by atoms with Crippen molar-refractivity contribution in [3.05, 3.63) is 34.9 Å². The summed E-state index contributed by atoms with van der Waals surface area (Å²) in [5.74, 6) is -0.657. The molecular formula is C21H35ClO2. The van der Waals surface area contributed by atoms with Crippen molar-refractivity contribution in [2.75, 3.05) is 0 Å². The van der Waals surface area contributed by atoms with E-state index in [0.29, 0.717) is 6.42 Å². The van der Waals surface area contributed by atoms with Crippen LogP contribution in [0.4, 0.5) is 0 Å². The maximum atomic E-state index is 10.3. The Kier molecular flexibility index (Phi) is 16.1. The first-order valence-corrected chi connectivity index (χ1v) is 9.88. The van der Waals surface area contributed by atoms with Crippen LogP contribution in [-0.4, -0.2) is 11.1 Å². The van der Waals surface area contributed by atoms with Gasteiger partial charge in [0.15, 0.2) is 0 Å². The normalized spacial score (nSPS) is 10.1. The van der Waals surface area contributed by atoms with E-state index in [9.17, 15) is 4.79 Å². The van der Waals surface area contributed by atoms with Crippen molar-refractivity contribution < 1.29 is 9.90 Å². The first-order chi connectivity index (χ1) is 11.6. The molecule has 138 valence electrons. The number of carbonyl (C=O) groups is 1. The molecular weight excluding hydrogens is 320 g/mol. The summed E-state index contributed by atoms with van der Waals surface area (Å²) in [5.41, 5.74) is 1.13. The SMILES string of the molecule is CCCCCCCCCCCCCC(=O)O.Cc1ccccc1Cl. The molecule has 0 aliphatic heterocycles. The lowest BCUT2D eigenvalue weighted by Gasteiger charge is -2.01. The van der Waals surface area contributed by atoms with Crippen molar-refractivity contribution in [1.82, 2.24) is 0 Å². The van der Waals surface area contributed by atoms with Gasteiger partial charge >= 0.3 is 5.97 Å². The molecule has 0 aromatic heterocycles. The number of aryl methyl sites for hydroxylation is 1. The van der Waals surface area contributed by atoms with E-state index >= 15 is 0 Å². The molecule has 0 unspecified atom stereocenters. The quantitative estimate of drug-likeness (QED) is 0.396. The second-order valence-electron chi connectivity index (χ2n) is 6.43. The minimum atomic E-state index is -0.657. The van der Waals surface area contributed by atoms with Crippen LogP contribution in [-0.2, 0) is 4.79 Å². The number of halogens is 1. The molecule has 0 saturated carbocycles. The number of hydrogen-bond donors (Lipinski definition) is 1. The van der Waals surface area contributed by atoms with Gasteiger partial charge in [-0.05, 0) is 25.0 Å². The third-order valence-electron chi connectivity index (χ3n) is 4.07. The zero-order valence-corrected chi connectivity index (χ0v) is 16.3. The molecule has 1 aromatic rings. The lowest BCUT2D eigenvalue weighted by Crippen LogP contribution is -1.93. The highest BCUT2D eigenvalue weighted by Gasteiger charge is 1.96. The van der Waals surface area contributed by atoms with Crippen molar-refractivity contribution in [3.63, 3.8) is 0 Å². The average Bonchev–Trinajstić information content (AvgIpc) is 2.56. The number of carboxylic acids is 1. The minimum Gasteiger partial charge on any atom is -0.481 e. The molecule has 0 heterocycles. The topological polar surface area (TPSA) is 37.3 Å². The molecule has 0 atom stereocenters. The number of benzene rings is 1. The molecule has 0 spiro atoms. The van der Waals surface area contributed by atoms with Gasteiger partial charge < -0.3 is 5.11 Å². The Labute approximate surface area is 153 Å². The first-order valence-electron chi connectivity index (χ1n) is 9.50. The molecule has 1 rings (SSSR count). The van der Waals surface area contributed by atoms with Crippen LogP contribution in [0.15, 0.2) is 24.3 Å². The van der Waals surface area contributed by atoms with Gasteiger partial charge in [-0.25, -0.2) is 0 Å². The molecule has 3 heteroatoms. The van der Waals surface area contributed by atoms with Crippen LogP contribution in [0.25, 0.3) is 0 Å². The maximum Gasteiger partial charge on any atom is 0.303 e. The summed E-state index contributed by atoms with van der Waals surface area (Å²) in [6.45, 7) is 4.24. The van der Waals surface area contributed by atoms with Gasteiger partial charge in [-0.1, -0.05) is 101 Å². The fraction of sp³-hybridized carbons (Fsp3) is 0.667. The van der Waals surface area contributed by atoms with E-state index in [1.165, 1.54) is 57.8 Å². The van der Waals surface area contributed by atoms with Gasteiger partial charge in [-0.3, -0.25) is 4.79 Å². The van der Waals surface area contributed by atoms with Crippen molar-refractivity contribution in [1.29, 1.82) is 0 Å². The number of rotatable bonds is 12. The molecule has 1 aromatic carbocycles. The van der Waals surface area contributed by atoms with E-state index in [4.69, 9.17) is 16.7 Å². The van der Waals surface area contributed by atoms with Crippen LogP contribution in [0.1, 0.15) is 89.5 Å². The van der Waals surface area contributed by atoms with Gasteiger partial charge in [-0.2, -0.15) is 0 Å². The number of aliphatic carboxylic acids is 1. The lowest BCUT2D eigenvalue weighted by molar-refractivity contribution is -0.137. The van der Waals surface area contributed by atoms with Crippen molar-refractivity contribution in [2.45, 2.75) is 90.9 Å². The van der Waals surface area contributed by atoms with E-state index in [1.807, 2.05) is 31.2 Å². The summed E-state index contributed by atoms with van der Waals surface area (Å²) in [6.07, 6.45) is 14.4. The molecule has 1 N–H and O–H groups in total. The zero-order valence-electron chi connectivity index (χ0n) is 15.5. The molecule has 0 amide bonds. The van der Waals surface area contributed by atoms with E-state index in [1.54, 1.807) is 0 Å². The van der Waals surface area contributed by atoms with Crippen LogP contribution in [0.2, 0.25) is 5.02 Å². The number of carboxylic acid groups (broad SMARTS) is 1.